The Kier molecular flexibility index (Phi) is 54.0. The van der Waals surface area contributed by atoms with Gasteiger partial charge in [0.05, 0.1) is 54.4 Å². The number of rotatable bonds is 49. The van der Waals surface area contributed by atoms with Crippen molar-refractivity contribution in [3.05, 3.63) is 248 Å². The van der Waals surface area contributed by atoms with Crippen LogP contribution in [0.3, 0.4) is 0 Å². The van der Waals surface area contributed by atoms with Gasteiger partial charge in [-0.3, -0.25) is 81.0 Å². The molecule has 1 aromatic carbocycles. The van der Waals surface area contributed by atoms with E-state index < -0.39 is 97.5 Å². The zero-order valence-electron chi connectivity index (χ0n) is 89.1. The largest absolute Gasteiger partial charge is 0.352 e. The number of allylic oxidation sites excluding steroid dienone is 1. The maximum atomic E-state index is 12.8. The summed E-state index contributed by atoms with van der Waals surface area (Å²) < 4.78 is 67.6. The Bertz CT molecular complexity index is 5720. The molecule has 37 heteroatoms. The number of ether oxygens (including phenoxy) is 4. The molecule has 4 fully saturated rings. The van der Waals surface area contributed by atoms with Gasteiger partial charge in [0.15, 0.2) is 0 Å². The molecule has 4 aliphatic rings. The number of benzene rings is 1. The Morgan fingerprint density at radius 2 is 0.764 bits per heavy atom. The number of unbranched alkanes of at least 4 members (excludes halogenated alkanes) is 4. The highest BCUT2D eigenvalue weighted by molar-refractivity contribution is 7.51. The maximum absolute atomic E-state index is 12.8. The third-order valence-electron chi connectivity index (χ3n) is 24.7. The number of hydrogen-bond donors (Lipinski definition) is 4. The number of H-pyrrole nitrogens is 4. The molecule has 4 aliphatic heterocycles. The lowest BCUT2D eigenvalue weighted by Gasteiger charge is -2.38. The average molecular weight is 2070 g/mol. The summed E-state index contributed by atoms with van der Waals surface area (Å²) in [4.78, 5) is 128. The first-order chi connectivity index (χ1) is 68.9. The fourth-order valence-electron chi connectivity index (χ4n) is 18.3. The first-order valence-corrected chi connectivity index (χ1v) is 57.4. The van der Waals surface area contributed by atoms with Crippen LogP contribution in [0.1, 0.15) is 326 Å². The highest BCUT2D eigenvalue weighted by Crippen LogP contribution is 2.54. The van der Waals surface area contributed by atoms with Crippen LogP contribution in [0.4, 0.5) is 0 Å². The maximum Gasteiger partial charge on any atom is 0.330 e. The fourth-order valence-corrected chi connectivity index (χ4v) is 28.0. The Hall–Kier alpha value is -8.85. The summed E-state index contributed by atoms with van der Waals surface area (Å²) in [6.07, 6.45) is 28.5. The Morgan fingerprint density at radius 1 is 0.417 bits per heavy atom. The topological polar surface area (TPSA) is 337 Å². The number of nitrogens with one attached hydrogen (secondary N) is 4. The van der Waals surface area contributed by atoms with Crippen LogP contribution in [-0.2, 0) is 49.9 Å². The molecule has 0 spiro atoms. The SMILES string of the molecule is [C-]#[N+]CCCP(OC1C[C@H](n2cc(/C=C/CC)c(=O)[nH]c2=O)O[C@@H]1CC)N(C(C)C)C(C)C.[C-]#[N+]CCCP(OC1C[C@H](n2cc(C#CCCCCCC)c(=O)[nH]c2=O)O[C@@H]1CC)N(C(C)C)C(C)C.[C-]#[N+]CCCP(OC1C[C@H](n2cc(C#Cc3ccccc3)c(=O)[nH]c2=O)O[C@@H]1CC)N(C(C)C)C(C)C.[C-]#[N+]CCCP(OC1C[C@H](n2cc(CCc3cccnc3)c(=O)[nH]c2=O)O[C@@H]1CC)N(C(C)C)C(C)C. The summed E-state index contributed by atoms with van der Waals surface area (Å²) >= 11 is 0. The quantitative estimate of drug-likeness (QED) is 0.0119. The van der Waals surface area contributed by atoms with Crippen molar-refractivity contribution in [2.75, 3.05) is 50.8 Å². The van der Waals surface area contributed by atoms with Crippen molar-refractivity contribution < 1.29 is 37.0 Å². The molecule has 0 saturated carbocycles. The van der Waals surface area contributed by atoms with Gasteiger partial charge < -0.3 is 56.4 Å². The van der Waals surface area contributed by atoms with Gasteiger partial charge in [-0.2, -0.15) is 0 Å². The van der Waals surface area contributed by atoms with E-state index in [0.717, 1.165) is 113 Å². The first kappa shape index (κ1) is 122. The summed E-state index contributed by atoms with van der Waals surface area (Å²) in [6, 6.07) is 15.7. The lowest BCUT2D eigenvalue weighted by atomic mass is 10.1. The van der Waals surface area contributed by atoms with E-state index in [1.54, 1.807) is 30.9 Å². The van der Waals surface area contributed by atoms with Crippen molar-refractivity contribution in [2.45, 2.75) is 403 Å². The summed E-state index contributed by atoms with van der Waals surface area (Å²) in [5, 5.41) is 0. The third kappa shape index (κ3) is 37.5. The van der Waals surface area contributed by atoms with Gasteiger partial charge >= 0.3 is 22.8 Å². The molecule has 16 atom stereocenters. The standard InChI is InChI=1S/C28H37N4O4P.C28H45N4O4P.C27H40N5O4P.C24H39N4O4P/c1-7-24-25(36-37(17-11-16-29-6)32(20(2)3)21(4)5)18-26(35-24)31-19-23(27(33)30-28(31)34)15-14-22-12-9-8-10-13-22;1-8-10-11-12-13-14-16-23-20-31(28(34)30-27(23)33)26-19-25(24(9-2)35-26)36-37(18-15-17-29-7)32(21(3)4)22(5)6;1-7-23-24(36-37(15-9-13-28-6)32(19(2)3)20(4)5)16-25(35-23)31-18-22(26(33)30-27(31)34)12-11-21-10-8-14-29-17-21;1-8-10-12-19-16-27(24(30)26-23(19)29)22-15-21(20(9-2)31-22)32-33(14-11-13-25-7)28(17(3)4)18(5)6/h8-10,12-13,19-21,24-26H,7,11,16-18H2,1-5H3,(H,30,33,34);20-22,24-26H,8-13,15,17-19H2,1-6H3,(H,30,33,34);8,10,14,17-20,23-25H,7,9,11-13,15-16H2,1-5H3,(H,30,33,34);10,12,16-18,20-22H,8-9,11,13-15H2,1-6H3,(H,26,29,30)/b;;;12-10+/t2*24-,25?,26-,37?;23-,24?,25-,37?;20-,21?,22-,33?/m1111/s1. The Morgan fingerprint density at radius 3 is 1.10 bits per heavy atom. The monoisotopic (exact) mass is 2060 g/mol. The van der Waals surface area contributed by atoms with Crippen LogP contribution in [0.25, 0.3) is 25.5 Å². The second-order valence-corrected chi connectivity index (χ2v) is 45.9. The normalized spacial score (nSPS) is 20.7. The molecule has 144 heavy (non-hydrogen) atoms. The van der Waals surface area contributed by atoms with Crippen molar-refractivity contribution in [1.82, 2.24) is 61.9 Å². The fraction of sp³-hybridized carbons (Fsp3) is 0.654. The van der Waals surface area contributed by atoms with E-state index in [4.69, 9.17) is 63.3 Å². The van der Waals surface area contributed by atoms with Gasteiger partial charge in [-0.15, -0.1) is 0 Å². The lowest BCUT2D eigenvalue weighted by Crippen LogP contribution is -2.36. The van der Waals surface area contributed by atoms with Gasteiger partial charge in [0, 0.05) is 179 Å². The summed E-state index contributed by atoms with van der Waals surface area (Å²) in [5.74, 6) is 11.9. The lowest BCUT2D eigenvalue weighted by molar-refractivity contribution is -0.0180. The average Bonchev–Trinajstić information content (AvgIpc) is 1.66. The second kappa shape index (κ2) is 63.8. The van der Waals surface area contributed by atoms with Gasteiger partial charge in [0.2, 0.25) is 26.2 Å². The molecule has 0 bridgehead atoms. The summed E-state index contributed by atoms with van der Waals surface area (Å²) in [6.45, 7) is 77.6. The van der Waals surface area contributed by atoms with E-state index >= 15 is 0 Å². The zero-order valence-corrected chi connectivity index (χ0v) is 92.7. The predicted molar refractivity (Wildman–Crippen MR) is 579 cm³/mol. The molecule has 4 N–H and O–H groups in total. The van der Waals surface area contributed by atoms with E-state index in [1.807, 2.05) is 62.4 Å². The van der Waals surface area contributed by atoms with Gasteiger partial charge in [0.25, 0.3) is 22.2 Å². The van der Waals surface area contributed by atoms with Crippen molar-refractivity contribution in [1.29, 1.82) is 0 Å². The molecule has 10 rings (SSSR count). The predicted octanol–water partition coefficient (Wildman–Crippen LogP) is 19.8. The molecule has 4 saturated heterocycles. The van der Waals surface area contributed by atoms with E-state index in [1.165, 1.54) is 43.5 Å². The highest BCUT2D eigenvalue weighted by atomic mass is 31.2. The molecule has 33 nitrogen and oxygen atoms in total. The van der Waals surface area contributed by atoms with E-state index in [-0.39, 0.29) is 65.5 Å². The van der Waals surface area contributed by atoms with Crippen molar-refractivity contribution >= 4 is 39.3 Å². The molecule has 0 radical (unpaired) electrons. The van der Waals surface area contributed by atoms with Gasteiger partial charge in [-0.25, -0.2) is 45.5 Å². The molecule has 5 aromatic heterocycles. The molecular weight excluding hydrogens is 1900 g/mol. The molecule has 9 heterocycles. The highest BCUT2D eigenvalue weighted by Gasteiger charge is 2.45. The smallest absolute Gasteiger partial charge is 0.330 e. The van der Waals surface area contributed by atoms with E-state index in [2.05, 4.69) is 225 Å². The number of pyridine rings is 1. The zero-order chi connectivity index (χ0) is 106. The minimum atomic E-state index is -0.954. The molecule has 0 aliphatic carbocycles. The number of aryl methyl sites for hydroxylation is 2. The van der Waals surface area contributed by atoms with E-state index in [9.17, 15) is 38.4 Å². The third-order valence-corrected chi connectivity index (χ3v) is 35.4. The number of nitrogens with zero attached hydrogens (tertiary/aromatic N) is 13. The van der Waals surface area contributed by atoms with E-state index in [0.29, 0.717) is 124 Å². The second-order valence-electron chi connectivity index (χ2n) is 38.6. The van der Waals surface area contributed by atoms with Gasteiger partial charge in [0.1, 0.15) is 69.2 Å². The minimum Gasteiger partial charge on any atom is -0.352 e. The van der Waals surface area contributed by atoms with Crippen LogP contribution < -0.4 is 45.0 Å². The van der Waals surface area contributed by atoms with Gasteiger partial charge in [-0.05, 0) is 186 Å². The van der Waals surface area contributed by atoms with Crippen molar-refractivity contribution in [3.63, 3.8) is 0 Å². The van der Waals surface area contributed by atoms with Crippen LogP contribution in [0.15, 0.2) is 124 Å². The number of aromatic nitrogens is 9. The summed E-state index contributed by atoms with van der Waals surface area (Å²) in [7, 11) is -3.75. The molecular formula is C107H161N17O16P4. The first-order valence-electron chi connectivity index (χ1n) is 51.8. The number of aromatic amines is 4. The van der Waals surface area contributed by atoms with Crippen LogP contribution >= 0.6 is 33.2 Å². The molecule has 0 amide bonds. The van der Waals surface area contributed by atoms with Crippen LogP contribution in [0.2, 0.25) is 0 Å². The number of hydrogen-bond acceptors (Lipinski definition) is 21. The Labute approximate surface area is 858 Å². The summed E-state index contributed by atoms with van der Waals surface area (Å²) in [5.41, 5.74) is -0.441. The van der Waals surface area contributed by atoms with Crippen LogP contribution in [-0.4, -0.2) is 210 Å². The van der Waals surface area contributed by atoms with Gasteiger partial charge in [-0.1, -0.05) is 121 Å². The minimum absolute atomic E-state index is 0.143. The van der Waals surface area contributed by atoms with Crippen LogP contribution in [0.5, 0.6) is 0 Å². The molecule has 790 valence electrons. The van der Waals surface area contributed by atoms with Crippen molar-refractivity contribution in [3.8, 4) is 23.7 Å². The van der Waals surface area contributed by atoms with Crippen molar-refractivity contribution in [2.24, 2.45) is 0 Å². The van der Waals surface area contributed by atoms with Crippen LogP contribution in [0, 0.1) is 50.0 Å². The molecule has 6 aromatic rings. The molecule has 8 unspecified atom stereocenters. The Balaban J connectivity index is 0.000000261.